The van der Waals surface area contributed by atoms with Crippen LogP contribution in [-0.2, 0) is 36.0 Å². The van der Waals surface area contributed by atoms with Crippen LogP contribution in [0.15, 0.2) is 0 Å². The minimum Gasteiger partial charge on any atom is -0.333 e. The maximum atomic E-state index is 8.35. The Balaban J connectivity index is -0.0000000252. The Kier molecular flexibility index (Phi) is 91.9. The zero-order valence-corrected chi connectivity index (χ0v) is 11.5. The van der Waals surface area contributed by atoms with Crippen LogP contribution < -0.4 is 0 Å². The van der Waals surface area contributed by atoms with Crippen molar-refractivity contribution in [1.29, 1.82) is 21.6 Å². The summed E-state index contributed by atoms with van der Waals surface area (Å²) >= 11 is 0. The molecule has 0 aliphatic carbocycles. The smallest absolute Gasteiger partial charge is 0.333 e. The number of carbonyl (C=O) groups excluding carboxylic acids is 4. The second kappa shape index (κ2) is 46.0. The van der Waals surface area contributed by atoms with E-state index in [1.165, 1.54) is 0 Å². The molecule has 18 heavy (non-hydrogen) atoms. The first-order valence-electron chi connectivity index (χ1n) is 3.61. The number of hydrogen-bond donors (Lipinski definition) is 4. The van der Waals surface area contributed by atoms with E-state index < -0.39 is 0 Å². The number of nitrogens with one attached hydrogen (secondary N) is 4. The first-order chi connectivity index (χ1) is 7.66. The Morgan fingerprint density at radius 1 is 0.611 bits per heavy atom. The molecular weight excluding hydrogens is 289 g/mol. The average molecular weight is 305 g/mol. The van der Waals surface area contributed by atoms with E-state index in [9.17, 15) is 0 Å². The first-order valence-corrected chi connectivity index (χ1v) is 3.61. The molecule has 4 N–H and O–H groups in total. The van der Waals surface area contributed by atoms with E-state index in [4.69, 9.17) is 40.8 Å². The van der Waals surface area contributed by atoms with Gasteiger partial charge in [0.2, 0.25) is 24.3 Å². The standard InChI is InChI=1S/C4H12N.4CHNO.Co/c1-5(2,3)4;4*2-1-3;/h1-4H3;4*2H;/q+1;;;;;+2. The summed E-state index contributed by atoms with van der Waals surface area (Å²) in [5, 5.41) is 21.6. The molecule has 0 saturated carbocycles. The van der Waals surface area contributed by atoms with Gasteiger partial charge in [0.1, 0.15) is 0 Å². The van der Waals surface area contributed by atoms with Crippen molar-refractivity contribution >= 4 is 24.3 Å². The van der Waals surface area contributed by atoms with E-state index in [-0.39, 0.29) is 16.8 Å². The Morgan fingerprint density at radius 2 is 0.611 bits per heavy atom. The molecule has 0 unspecified atom stereocenters. The number of quaternary nitrogens is 1. The summed E-state index contributed by atoms with van der Waals surface area (Å²) in [5.41, 5.74) is 0. The molecular formula is C8H16CoN5O4+3. The zero-order valence-electron chi connectivity index (χ0n) is 10.4. The number of isocyanates is 4. The Labute approximate surface area is 115 Å². The Bertz CT molecular complexity index is 222. The fourth-order valence-electron chi connectivity index (χ4n) is 0. The monoisotopic (exact) mass is 305 g/mol. The van der Waals surface area contributed by atoms with Crippen LogP contribution in [-0.4, -0.2) is 57.0 Å². The van der Waals surface area contributed by atoms with Crippen molar-refractivity contribution in [1.82, 2.24) is 0 Å². The van der Waals surface area contributed by atoms with Crippen molar-refractivity contribution in [2.24, 2.45) is 0 Å². The molecule has 0 rings (SSSR count). The van der Waals surface area contributed by atoms with Gasteiger partial charge in [-0.15, -0.1) is 0 Å². The zero-order chi connectivity index (χ0) is 15.3. The number of nitrogens with zero attached hydrogens (tertiary/aromatic N) is 1. The van der Waals surface area contributed by atoms with Gasteiger partial charge in [0.15, 0.2) is 0 Å². The van der Waals surface area contributed by atoms with Crippen molar-refractivity contribution in [3.63, 3.8) is 0 Å². The summed E-state index contributed by atoms with van der Waals surface area (Å²) in [6.07, 6.45) is 3.00. The first kappa shape index (κ1) is 36.0. The van der Waals surface area contributed by atoms with Gasteiger partial charge < -0.3 is 4.48 Å². The molecule has 9 nitrogen and oxygen atoms in total. The fourth-order valence-corrected chi connectivity index (χ4v) is 0. The second-order valence-electron chi connectivity index (χ2n) is 3.09. The summed E-state index contributed by atoms with van der Waals surface area (Å²) in [4.78, 5) is 33.4. The molecule has 10 heteroatoms. The van der Waals surface area contributed by atoms with Crippen LogP contribution in [0.4, 0.5) is 0 Å². The van der Waals surface area contributed by atoms with E-state index in [0.29, 0.717) is 0 Å². The molecule has 0 aliphatic rings. The van der Waals surface area contributed by atoms with E-state index >= 15 is 0 Å². The van der Waals surface area contributed by atoms with Gasteiger partial charge in [-0.25, -0.2) is 40.8 Å². The molecule has 1 radical (unpaired) electrons. The van der Waals surface area contributed by atoms with Crippen LogP contribution >= 0.6 is 0 Å². The summed E-state index contributed by atoms with van der Waals surface area (Å²) in [7, 11) is 8.50. The number of hydrogen-bond acceptors (Lipinski definition) is 8. The van der Waals surface area contributed by atoms with E-state index in [2.05, 4.69) is 28.2 Å². The van der Waals surface area contributed by atoms with E-state index in [0.717, 1.165) is 28.8 Å². The topological polar surface area (TPSA) is 164 Å². The molecule has 103 valence electrons. The van der Waals surface area contributed by atoms with Gasteiger partial charge >= 0.3 is 16.8 Å². The molecule has 0 aliphatic heterocycles. The molecule has 0 amide bonds. The van der Waals surface area contributed by atoms with Crippen LogP contribution in [0.3, 0.4) is 0 Å². The van der Waals surface area contributed by atoms with Crippen LogP contribution in [0.25, 0.3) is 0 Å². The van der Waals surface area contributed by atoms with E-state index in [1.54, 1.807) is 0 Å². The maximum Gasteiger partial charge on any atom is 2.00 e. The van der Waals surface area contributed by atoms with Gasteiger partial charge in [0, 0.05) is 0 Å². The van der Waals surface area contributed by atoms with Crippen LogP contribution in [0, 0.1) is 21.6 Å². The van der Waals surface area contributed by atoms with Crippen LogP contribution in [0.2, 0.25) is 0 Å². The minimum atomic E-state index is 0. The predicted molar refractivity (Wildman–Crippen MR) is 57.6 cm³/mol. The maximum absolute atomic E-state index is 8.35. The number of rotatable bonds is 0. The van der Waals surface area contributed by atoms with Crippen molar-refractivity contribution < 1.29 is 40.4 Å². The quantitative estimate of drug-likeness (QED) is 0.279. The van der Waals surface area contributed by atoms with Gasteiger partial charge in [-0.3, -0.25) is 0 Å². The Morgan fingerprint density at radius 3 is 0.611 bits per heavy atom. The van der Waals surface area contributed by atoms with Crippen molar-refractivity contribution in [2.75, 3.05) is 28.2 Å². The molecule has 0 aromatic carbocycles. The summed E-state index contributed by atoms with van der Waals surface area (Å²) in [6, 6.07) is 0. The van der Waals surface area contributed by atoms with Gasteiger partial charge in [-0.1, -0.05) is 0 Å². The van der Waals surface area contributed by atoms with Crippen LogP contribution in [0.1, 0.15) is 0 Å². The normalized spacial score (nSPS) is 5.11. The SMILES string of the molecule is C[N+](C)(C)C.N=C=O.N=C=O.N=C=O.N=C=O.[Co+2]. The molecule has 0 spiro atoms. The third kappa shape index (κ3) is 582. The van der Waals surface area contributed by atoms with Gasteiger partial charge in [-0.2, -0.15) is 0 Å². The third-order valence-electron chi connectivity index (χ3n) is 0. The summed E-state index contributed by atoms with van der Waals surface area (Å²) < 4.78 is 1.00. The van der Waals surface area contributed by atoms with Gasteiger partial charge in [0.05, 0.1) is 28.2 Å². The van der Waals surface area contributed by atoms with E-state index in [1.807, 2.05) is 0 Å². The van der Waals surface area contributed by atoms with Crippen molar-refractivity contribution in [3.05, 3.63) is 0 Å². The molecule has 0 aromatic rings. The van der Waals surface area contributed by atoms with Gasteiger partial charge in [-0.05, 0) is 0 Å². The second-order valence-corrected chi connectivity index (χ2v) is 3.09. The summed E-state index contributed by atoms with van der Waals surface area (Å²) in [5.74, 6) is 0. The van der Waals surface area contributed by atoms with Crippen molar-refractivity contribution in [2.45, 2.75) is 0 Å². The molecule has 0 atom stereocenters. The minimum absolute atomic E-state index is 0. The van der Waals surface area contributed by atoms with Gasteiger partial charge in [0.25, 0.3) is 0 Å². The molecule has 0 heterocycles. The predicted octanol–water partition coefficient (Wildman–Crippen LogP) is -0.0762. The fraction of sp³-hybridized carbons (Fsp3) is 0.500. The molecule has 0 aromatic heterocycles. The van der Waals surface area contributed by atoms with Crippen molar-refractivity contribution in [3.8, 4) is 0 Å². The van der Waals surface area contributed by atoms with Crippen LogP contribution in [0.5, 0.6) is 0 Å². The molecule has 0 saturated heterocycles. The Hall–Kier alpha value is -2.01. The summed E-state index contributed by atoms with van der Waals surface area (Å²) in [6.45, 7) is 0. The molecule has 0 fully saturated rings. The third-order valence-corrected chi connectivity index (χ3v) is 0. The average Bonchev–Trinajstić information content (AvgIpc) is 2.04. The largest absolute Gasteiger partial charge is 2.00 e. The molecule has 0 bridgehead atoms.